The van der Waals surface area contributed by atoms with Crippen molar-refractivity contribution in [2.24, 2.45) is 0 Å². The Kier molecular flexibility index (Phi) is 2.79. The molecular formula is C13H13N5S. The van der Waals surface area contributed by atoms with Gasteiger partial charge in [0.25, 0.3) is 0 Å². The van der Waals surface area contributed by atoms with E-state index in [0.29, 0.717) is 10.6 Å². The highest BCUT2D eigenvalue weighted by Gasteiger charge is 2.15. The normalized spacial score (nSPS) is 12.7. The van der Waals surface area contributed by atoms with Crippen molar-refractivity contribution in [1.29, 1.82) is 0 Å². The highest BCUT2D eigenvalue weighted by atomic mass is 32.1. The molecule has 2 aromatic heterocycles. The Hall–Kier alpha value is -2.21. The van der Waals surface area contributed by atoms with Gasteiger partial charge in [0.15, 0.2) is 5.82 Å². The van der Waals surface area contributed by atoms with Crippen LogP contribution in [0.2, 0.25) is 0 Å². The van der Waals surface area contributed by atoms with Crippen molar-refractivity contribution in [2.45, 2.75) is 12.8 Å². The van der Waals surface area contributed by atoms with Crippen molar-refractivity contribution in [3.63, 3.8) is 0 Å². The van der Waals surface area contributed by atoms with E-state index in [4.69, 9.17) is 18.1 Å². The number of H-pyrrole nitrogens is 1. The van der Waals surface area contributed by atoms with Gasteiger partial charge in [-0.15, -0.1) is 0 Å². The molecule has 0 spiro atoms. The third kappa shape index (κ3) is 2.00. The number of hydrogen-bond acceptors (Lipinski definition) is 4. The summed E-state index contributed by atoms with van der Waals surface area (Å²) in [6.45, 7) is 2.05. The number of rotatable bonds is 2. The zero-order chi connectivity index (χ0) is 13.4. The minimum Gasteiger partial charge on any atom is -0.335 e. The Labute approximate surface area is 115 Å². The molecule has 0 saturated heterocycles. The summed E-state index contributed by atoms with van der Waals surface area (Å²) < 4.78 is 1.83. The highest BCUT2D eigenvalue weighted by Crippen LogP contribution is 2.24. The Morgan fingerprint density at radius 2 is 2.21 bits per heavy atom. The lowest BCUT2D eigenvalue weighted by Gasteiger charge is -2.11. The summed E-state index contributed by atoms with van der Waals surface area (Å²) in [6.07, 6.45) is 1.79. The van der Waals surface area contributed by atoms with Crippen LogP contribution in [-0.4, -0.2) is 19.9 Å². The standard InChI is InChI=1S/C13H13N5S/c1-8(12-16-17-13(19)18(12)14)9-4-5-11-10(7-9)3-2-6-15-11/h2-8H,14H2,1H3,(H,17,19)/t8-/m0/s1. The lowest BCUT2D eigenvalue weighted by molar-refractivity contribution is 0.763. The van der Waals surface area contributed by atoms with Crippen LogP contribution in [0.4, 0.5) is 0 Å². The van der Waals surface area contributed by atoms with Crippen LogP contribution < -0.4 is 5.84 Å². The van der Waals surface area contributed by atoms with Gasteiger partial charge in [0.1, 0.15) is 0 Å². The topological polar surface area (TPSA) is 72.5 Å². The number of nitrogens with two attached hydrogens (primary N) is 1. The lowest BCUT2D eigenvalue weighted by atomic mass is 9.98. The molecule has 3 aromatic rings. The van der Waals surface area contributed by atoms with Crippen LogP contribution in [0.1, 0.15) is 24.2 Å². The van der Waals surface area contributed by atoms with Gasteiger partial charge in [-0.1, -0.05) is 19.1 Å². The maximum absolute atomic E-state index is 5.86. The van der Waals surface area contributed by atoms with E-state index in [-0.39, 0.29) is 5.92 Å². The van der Waals surface area contributed by atoms with Crippen LogP contribution in [0.3, 0.4) is 0 Å². The molecule has 0 aliphatic heterocycles. The number of aromatic amines is 1. The van der Waals surface area contributed by atoms with E-state index in [1.165, 1.54) is 4.68 Å². The van der Waals surface area contributed by atoms with Crippen molar-refractivity contribution in [3.8, 4) is 0 Å². The molecule has 3 N–H and O–H groups in total. The molecule has 0 amide bonds. The number of aromatic nitrogens is 4. The Morgan fingerprint density at radius 1 is 1.37 bits per heavy atom. The molecule has 3 rings (SSSR count). The fraction of sp³-hybridized carbons (Fsp3) is 0.154. The number of benzene rings is 1. The number of nitrogens with zero attached hydrogens (tertiary/aromatic N) is 3. The van der Waals surface area contributed by atoms with Crippen molar-refractivity contribution in [2.75, 3.05) is 5.84 Å². The molecule has 96 valence electrons. The highest BCUT2D eigenvalue weighted by molar-refractivity contribution is 7.71. The fourth-order valence-corrected chi connectivity index (χ4v) is 2.27. The lowest BCUT2D eigenvalue weighted by Crippen LogP contribution is -2.15. The van der Waals surface area contributed by atoms with Gasteiger partial charge >= 0.3 is 0 Å². The molecule has 6 heteroatoms. The summed E-state index contributed by atoms with van der Waals surface area (Å²) >= 11 is 5.03. The maximum atomic E-state index is 5.86. The second kappa shape index (κ2) is 4.47. The minimum absolute atomic E-state index is 0.0579. The molecule has 0 aliphatic rings. The number of hydrogen-bond donors (Lipinski definition) is 2. The summed E-state index contributed by atoms with van der Waals surface area (Å²) in [6, 6.07) is 10.1. The molecule has 0 radical (unpaired) electrons. The van der Waals surface area contributed by atoms with Crippen LogP contribution in [0.15, 0.2) is 36.5 Å². The summed E-state index contributed by atoms with van der Waals surface area (Å²) in [7, 11) is 0. The van der Waals surface area contributed by atoms with Gasteiger partial charge in [0.2, 0.25) is 4.77 Å². The van der Waals surface area contributed by atoms with Gasteiger partial charge in [-0.05, 0) is 36.0 Å². The van der Waals surface area contributed by atoms with Gasteiger partial charge in [-0.25, -0.2) is 4.68 Å². The van der Waals surface area contributed by atoms with E-state index in [2.05, 4.69) is 21.2 Å². The minimum atomic E-state index is 0.0579. The van der Waals surface area contributed by atoms with E-state index in [1.807, 2.05) is 31.2 Å². The molecule has 1 atom stereocenters. The van der Waals surface area contributed by atoms with Crippen molar-refractivity contribution in [3.05, 3.63) is 52.7 Å². The SMILES string of the molecule is C[C@@H](c1ccc2ncccc2c1)c1n[nH]c(=S)n1N. The molecular weight excluding hydrogens is 258 g/mol. The second-order valence-corrected chi connectivity index (χ2v) is 4.82. The quantitative estimate of drug-likeness (QED) is 0.554. The van der Waals surface area contributed by atoms with Crippen LogP contribution in [0, 0.1) is 4.77 Å². The van der Waals surface area contributed by atoms with E-state index in [9.17, 15) is 0 Å². The first kappa shape index (κ1) is 11.9. The Morgan fingerprint density at radius 3 is 2.95 bits per heavy atom. The Bertz CT molecular complexity index is 789. The van der Waals surface area contributed by atoms with E-state index in [1.54, 1.807) is 6.20 Å². The average molecular weight is 271 g/mol. The average Bonchev–Trinajstić information content (AvgIpc) is 2.78. The fourth-order valence-electron chi connectivity index (χ4n) is 2.13. The molecule has 0 fully saturated rings. The number of nitrogens with one attached hydrogen (secondary N) is 1. The smallest absolute Gasteiger partial charge is 0.214 e. The number of pyridine rings is 1. The van der Waals surface area contributed by atoms with Gasteiger partial charge in [0, 0.05) is 17.5 Å². The molecule has 0 unspecified atom stereocenters. The zero-order valence-electron chi connectivity index (χ0n) is 10.4. The van der Waals surface area contributed by atoms with Crippen molar-refractivity contribution >= 4 is 23.1 Å². The van der Waals surface area contributed by atoms with E-state index in [0.717, 1.165) is 16.5 Å². The molecule has 2 heterocycles. The number of nitrogen functional groups attached to an aromatic ring is 1. The molecule has 0 aliphatic carbocycles. The Balaban J connectivity index is 2.08. The van der Waals surface area contributed by atoms with Crippen molar-refractivity contribution < 1.29 is 0 Å². The molecule has 1 aromatic carbocycles. The molecule has 0 bridgehead atoms. The predicted octanol–water partition coefficient (Wildman–Crippen LogP) is 2.35. The second-order valence-electron chi connectivity index (χ2n) is 4.43. The maximum Gasteiger partial charge on any atom is 0.214 e. The number of fused-ring (bicyclic) bond motifs is 1. The summed E-state index contributed by atoms with van der Waals surface area (Å²) in [5.74, 6) is 6.63. The first-order valence-electron chi connectivity index (χ1n) is 5.94. The van der Waals surface area contributed by atoms with Crippen LogP contribution >= 0.6 is 12.2 Å². The van der Waals surface area contributed by atoms with Crippen LogP contribution in [-0.2, 0) is 0 Å². The third-order valence-electron chi connectivity index (χ3n) is 3.25. The third-order valence-corrected chi connectivity index (χ3v) is 3.53. The predicted molar refractivity (Wildman–Crippen MR) is 76.8 cm³/mol. The summed E-state index contributed by atoms with van der Waals surface area (Å²) in [5.41, 5.74) is 2.10. The first-order chi connectivity index (χ1) is 9.16. The molecule has 0 saturated carbocycles. The monoisotopic (exact) mass is 271 g/mol. The van der Waals surface area contributed by atoms with Gasteiger partial charge in [-0.3, -0.25) is 10.1 Å². The van der Waals surface area contributed by atoms with E-state index < -0.39 is 0 Å². The van der Waals surface area contributed by atoms with Gasteiger partial charge in [0.05, 0.1) is 5.52 Å². The summed E-state index contributed by atoms with van der Waals surface area (Å²) in [5, 5.41) is 7.98. The van der Waals surface area contributed by atoms with Crippen LogP contribution in [0.5, 0.6) is 0 Å². The van der Waals surface area contributed by atoms with E-state index >= 15 is 0 Å². The largest absolute Gasteiger partial charge is 0.335 e. The molecule has 5 nitrogen and oxygen atoms in total. The van der Waals surface area contributed by atoms with Crippen LogP contribution in [0.25, 0.3) is 10.9 Å². The first-order valence-corrected chi connectivity index (χ1v) is 6.34. The van der Waals surface area contributed by atoms with Crippen molar-refractivity contribution in [1.82, 2.24) is 19.9 Å². The molecule has 19 heavy (non-hydrogen) atoms. The van der Waals surface area contributed by atoms with Gasteiger partial charge in [-0.2, -0.15) is 5.10 Å². The summed E-state index contributed by atoms with van der Waals surface area (Å²) in [4.78, 5) is 4.31. The van der Waals surface area contributed by atoms with Gasteiger partial charge < -0.3 is 5.84 Å². The zero-order valence-corrected chi connectivity index (χ0v) is 11.2.